The van der Waals surface area contributed by atoms with E-state index in [2.05, 4.69) is 42.7 Å². The fraction of sp³-hybridized carbons (Fsp3) is 0.571. The number of hydrogen-bond acceptors (Lipinski definition) is 2. The van der Waals surface area contributed by atoms with Gasteiger partial charge in [-0.05, 0) is 32.0 Å². The van der Waals surface area contributed by atoms with Crippen LogP contribution in [0.2, 0.25) is 0 Å². The average Bonchev–Trinajstić information content (AvgIpc) is 2.55. The first kappa shape index (κ1) is 12.0. The average molecular weight is 235 g/mol. The molecular formula is C14H21NS. The molecule has 1 saturated carbocycles. The minimum absolute atomic E-state index is 0.688. The molecule has 2 unspecified atom stereocenters. The SMILES string of the molecule is CNC1CCCCCC1Sc1ccccc1. The van der Waals surface area contributed by atoms with Crippen LogP contribution < -0.4 is 5.32 Å². The zero-order chi connectivity index (χ0) is 11.2. The van der Waals surface area contributed by atoms with Crippen LogP contribution in [-0.4, -0.2) is 18.3 Å². The molecule has 1 fully saturated rings. The second kappa shape index (κ2) is 6.31. The highest BCUT2D eigenvalue weighted by Gasteiger charge is 2.22. The van der Waals surface area contributed by atoms with Gasteiger partial charge in [0.15, 0.2) is 0 Å². The topological polar surface area (TPSA) is 12.0 Å². The van der Waals surface area contributed by atoms with E-state index < -0.39 is 0 Å². The molecule has 0 bridgehead atoms. The van der Waals surface area contributed by atoms with E-state index in [0.29, 0.717) is 6.04 Å². The molecule has 0 heterocycles. The van der Waals surface area contributed by atoms with Gasteiger partial charge in [-0.1, -0.05) is 37.5 Å². The largest absolute Gasteiger partial charge is 0.316 e. The third-order valence-corrected chi connectivity index (χ3v) is 4.77. The maximum Gasteiger partial charge on any atom is 0.0248 e. The summed E-state index contributed by atoms with van der Waals surface area (Å²) in [5.41, 5.74) is 0. The third kappa shape index (κ3) is 3.26. The van der Waals surface area contributed by atoms with Crippen molar-refractivity contribution in [1.29, 1.82) is 0 Å². The Morgan fingerprint density at radius 1 is 1.06 bits per heavy atom. The predicted octanol–water partition coefficient (Wildman–Crippen LogP) is 3.70. The molecule has 1 N–H and O–H groups in total. The lowest BCUT2D eigenvalue weighted by molar-refractivity contribution is 0.510. The summed E-state index contributed by atoms with van der Waals surface area (Å²) in [6.07, 6.45) is 6.87. The molecule has 0 spiro atoms. The molecule has 1 aromatic carbocycles. The molecule has 0 saturated heterocycles. The number of benzene rings is 1. The van der Waals surface area contributed by atoms with Crippen molar-refractivity contribution < 1.29 is 0 Å². The molecule has 1 aliphatic carbocycles. The molecule has 2 atom stereocenters. The minimum atomic E-state index is 0.688. The Morgan fingerprint density at radius 3 is 2.56 bits per heavy atom. The third-order valence-electron chi connectivity index (χ3n) is 3.35. The second-order valence-corrected chi connectivity index (χ2v) is 5.82. The molecule has 1 aromatic rings. The van der Waals surface area contributed by atoms with Gasteiger partial charge in [0.05, 0.1) is 0 Å². The quantitative estimate of drug-likeness (QED) is 0.802. The van der Waals surface area contributed by atoms with Crippen LogP contribution in [0, 0.1) is 0 Å². The Balaban J connectivity index is 2.00. The Morgan fingerprint density at radius 2 is 1.81 bits per heavy atom. The fourth-order valence-corrected chi connectivity index (χ4v) is 3.80. The molecule has 16 heavy (non-hydrogen) atoms. The Bertz CT molecular complexity index is 299. The Labute approximate surface area is 103 Å². The molecule has 0 amide bonds. The Hall–Kier alpha value is -0.470. The lowest BCUT2D eigenvalue weighted by Crippen LogP contribution is -2.34. The minimum Gasteiger partial charge on any atom is -0.316 e. The molecule has 0 aliphatic heterocycles. The van der Waals surface area contributed by atoms with E-state index in [1.807, 2.05) is 11.8 Å². The van der Waals surface area contributed by atoms with Gasteiger partial charge in [-0.2, -0.15) is 0 Å². The first-order valence-electron chi connectivity index (χ1n) is 6.29. The van der Waals surface area contributed by atoms with Crippen LogP contribution in [0.5, 0.6) is 0 Å². The van der Waals surface area contributed by atoms with Gasteiger partial charge in [0.25, 0.3) is 0 Å². The van der Waals surface area contributed by atoms with E-state index in [0.717, 1.165) is 5.25 Å². The molecule has 88 valence electrons. The van der Waals surface area contributed by atoms with Gasteiger partial charge >= 0.3 is 0 Å². The van der Waals surface area contributed by atoms with Crippen LogP contribution in [0.1, 0.15) is 32.1 Å². The summed E-state index contributed by atoms with van der Waals surface area (Å²) in [4.78, 5) is 1.41. The van der Waals surface area contributed by atoms with Crippen LogP contribution in [0.4, 0.5) is 0 Å². The highest BCUT2D eigenvalue weighted by molar-refractivity contribution is 8.00. The number of thioether (sulfide) groups is 1. The molecule has 0 radical (unpaired) electrons. The highest BCUT2D eigenvalue weighted by Crippen LogP contribution is 2.32. The normalized spacial score (nSPS) is 26.3. The van der Waals surface area contributed by atoms with E-state index in [-0.39, 0.29) is 0 Å². The van der Waals surface area contributed by atoms with Crippen molar-refractivity contribution in [1.82, 2.24) is 5.32 Å². The summed E-state index contributed by atoms with van der Waals surface area (Å²) in [7, 11) is 2.11. The van der Waals surface area contributed by atoms with Crippen molar-refractivity contribution in [3.8, 4) is 0 Å². The lowest BCUT2D eigenvalue weighted by atomic mass is 10.1. The van der Waals surface area contributed by atoms with Gasteiger partial charge in [0.2, 0.25) is 0 Å². The van der Waals surface area contributed by atoms with Gasteiger partial charge < -0.3 is 5.32 Å². The highest BCUT2D eigenvalue weighted by atomic mass is 32.2. The van der Waals surface area contributed by atoms with Crippen molar-refractivity contribution in [2.24, 2.45) is 0 Å². The summed E-state index contributed by atoms with van der Waals surface area (Å²) < 4.78 is 0. The molecule has 1 aliphatic rings. The molecule has 2 heteroatoms. The summed E-state index contributed by atoms with van der Waals surface area (Å²) in [5.74, 6) is 0. The number of nitrogens with one attached hydrogen (secondary N) is 1. The van der Waals surface area contributed by atoms with Crippen LogP contribution in [0.15, 0.2) is 35.2 Å². The predicted molar refractivity (Wildman–Crippen MR) is 72.0 cm³/mol. The zero-order valence-corrected chi connectivity index (χ0v) is 10.8. The standard InChI is InChI=1S/C14H21NS/c1-15-13-10-6-3-7-11-14(13)16-12-8-4-2-5-9-12/h2,4-5,8-9,13-15H,3,6-7,10-11H2,1H3. The molecular weight excluding hydrogens is 214 g/mol. The molecule has 2 rings (SSSR count). The Kier molecular flexibility index (Phi) is 4.73. The number of rotatable bonds is 3. The van der Waals surface area contributed by atoms with E-state index in [1.165, 1.54) is 37.0 Å². The van der Waals surface area contributed by atoms with Gasteiger partial charge in [-0.15, -0.1) is 11.8 Å². The summed E-state index contributed by atoms with van der Waals surface area (Å²) in [5, 5.41) is 4.24. The number of hydrogen-bond donors (Lipinski definition) is 1. The van der Waals surface area contributed by atoms with E-state index in [9.17, 15) is 0 Å². The summed E-state index contributed by atoms with van der Waals surface area (Å²) in [6.45, 7) is 0. The van der Waals surface area contributed by atoms with Crippen molar-refractivity contribution in [3.05, 3.63) is 30.3 Å². The van der Waals surface area contributed by atoms with Crippen molar-refractivity contribution in [2.45, 2.75) is 48.3 Å². The van der Waals surface area contributed by atoms with Crippen LogP contribution in [0.25, 0.3) is 0 Å². The van der Waals surface area contributed by atoms with E-state index >= 15 is 0 Å². The van der Waals surface area contributed by atoms with Crippen LogP contribution in [-0.2, 0) is 0 Å². The van der Waals surface area contributed by atoms with Crippen LogP contribution in [0.3, 0.4) is 0 Å². The lowest BCUT2D eigenvalue weighted by Gasteiger charge is -2.24. The summed E-state index contributed by atoms with van der Waals surface area (Å²) >= 11 is 2.05. The van der Waals surface area contributed by atoms with Crippen molar-refractivity contribution >= 4 is 11.8 Å². The van der Waals surface area contributed by atoms with Gasteiger partial charge in [0, 0.05) is 16.2 Å². The first-order valence-corrected chi connectivity index (χ1v) is 7.17. The van der Waals surface area contributed by atoms with E-state index in [4.69, 9.17) is 0 Å². The molecule has 0 aromatic heterocycles. The van der Waals surface area contributed by atoms with Gasteiger partial charge in [0.1, 0.15) is 0 Å². The monoisotopic (exact) mass is 235 g/mol. The van der Waals surface area contributed by atoms with Gasteiger partial charge in [-0.3, -0.25) is 0 Å². The maximum atomic E-state index is 3.49. The van der Waals surface area contributed by atoms with Crippen molar-refractivity contribution in [2.75, 3.05) is 7.05 Å². The fourth-order valence-electron chi connectivity index (χ4n) is 2.42. The molecule has 1 nitrogen and oxygen atoms in total. The summed E-state index contributed by atoms with van der Waals surface area (Å²) in [6, 6.07) is 11.5. The first-order chi connectivity index (χ1) is 7.90. The van der Waals surface area contributed by atoms with Crippen molar-refractivity contribution in [3.63, 3.8) is 0 Å². The van der Waals surface area contributed by atoms with Gasteiger partial charge in [-0.25, -0.2) is 0 Å². The van der Waals surface area contributed by atoms with E-state index in [1.54, 1.807) is 0 Å². The smallest absolute Gasteiger partial charge is 0.0248 e. The maximum absolute atomic E-state index is 3.49. The second-order valence-electron chi connectivity index (χ2n) is 4.50. The zero-order valence-electron chi connectivity index (χ0n) is 9.99. The van der Waals surface area contributed by atoms with Crippen LogP contribution >= 0.6 is 11.8 Å².